The van der Waals surface area contributed by atoms with Crippen molar-refractivity contribution in [2.75, 3.05) is 19.0 Å². The maximum absolute atomic E-state index is 12.3. The van der Waals surface area contributed by atoms with Crippen molar-refractivity contribution in [3.8, 4) is 0 Å². The van der Waals surface area contributed by atoms with E-state index in [4.69, 9.17) is 4.74 Å². The number of ether oxygens (including phenoxy) is 1. The molecular formula is C15H25ClN4O2. The second kappa shape index (κ2) is 7.94. The number of nitrogens with one attached hydrogen (secondary N) is 2. The number of hydrogen-bond acceptors (Lipinski definition) is 4. The van der Waals surface area contributed by atoms with E-state index < -0.39 is 0 Å². The zero-order valence-electron chi connectivity index (χ0n) is 13.0. The molecule has 1 aromatic heterocycles. The van der Waals surface area contributed by atoms with Crippen LogP contribution >= 0.6 is 12.4 Å². The Kier molecular flexibility index (Phi) is 6.23. The topological polar surface area (TPSA) is 68.2 Å². The van der Waals surface area contributed by atoms with E-state index >= 15 is 0 Å². The highest BCUT2D eigenvalue weighted by atomic mass is 35.5. The average molecular weight is 329 g/mol. The number of halogens is 1. The molecule has 2 N–H and O–H groups in total. The molecule has 3 atom stereocenters. The fourth-order valence-electron chi connectivity index (χ4n) is 3.47. The third kappa shape index (κ3) is 4.00. The monoisotopic (exact) mass is 328 g/mol. The van der Waals surface area contributed by atoms with Gasteiger partial charge >= 0.3 is 0 Å². The Morgan fingerprint density at radius 2 is 2.32 bits per heavy atom. The summed E-state index contributed by atoms with van der Waals surface area (Å²) < 4.78 is 6.79. The fraction of sp³-hybridized carbons (Fsp3) is 0.733. The molecule has 0 aromatic carbocycles. The summed E-state index contributed by atoms with van der Waals surface area (Å²) in [6, 6.07) is 2.30. The number of carbonyl (C=O) groups excluding carboxylic acids is 1. The van der Waals surface area contributed by atoms with Crippen molar-refractivity contribution >= 4 is 24.1 Å². The van der Waals surface area contributed by atoms with Gasteiger partial charge in [0.1, 0.15) is 0 Å². The fourth-order valence-corrected chi connectivity index (χ4v) is 3.47. The van der Waals surface area contributed by atoms with Crippen LogP contribution in [-0.4, -0.2) is 41.5 Å². The first-order valence-corrected chi connectivity index (χ1v) is 7.85. The molecule has 0 radical (unpaired) electrons. The Morgan fingerprint density at radius 1 is 1.50 bits per heavy atom. The Balaban J connectivity index is 0.00000176. The van der Waals surface area contributed by atoms with Gasteiger partial charge in [-0.3, -0.25) is 9.48 Å². The van der Waals surface area contributed by atoms with E-state index in [0.717, 1.165) is 6.42 Å². The van der Waals surface area contributed by atoms with Crippen molar-refractivity contribution in [2.45, 2.75) is 50.7 Å². The smallest absolute Gasteiger partial charge is 0.242 e. The molecule has 0 bridgehead atoms. The van der Waals surface area contributed by atoms with Crippen LogP contribution in [0, 0.1) is 5.92 Å². The summed E-state index contributed by atoms with van der Waals surface area (Å²) in [5.74, 6) is 1.34. The summed E-state index contributed by atoms with van der Waals surface area (Å²) in [6.45, 7) is 1.31. The molecule has 1 amide bonds. The number of methoxy groups -OCH3 is 1. The molecule has 3 unspecified atom stereocenters. The van der Waals surface area contributed by atoms with Gasteiger partial charge in [0.2, 0.25) is 5.91 Å². The van der Waals surface area contributed by atoms with Crippen molar-refractivity contribution in [3.63, 3.8) is 0 Å². The highest BCUT2D eigenvalue weighted by Crippen LogP contribution is 2.33. The van der Waals surface area contributed by atoms with E-state index in [1.165, 1.54) is 25.7 Å². The van der Waals surface area contributed by atoms with Crippen LogP contribution in [0.5, 0.6) is 0 Å². The standard InChI is InChI=1S/C15H24N4O2.ClH/c1-21-9-8-19-7-6-14(18-19)17-15(20)13-10-11-4-2-3-5-12(11)16-13;/h6-7,11-13,16H,2-5,8-10H2,1H3,(H,17,18,20);1H. The summed E-state index contributed by atoms with van der Waals surface area (Å²) in [7, 11) is 1.66. The molecule has 1 saturated heterocycles. The number of fused-ring (bicyclic) bond motifs is 1. The molecule has 22 heavy (non-hydrogen) atoms. The molecule has 2 aliphatic rings. The summed E-state index contributed by atoms with van der Waals surface area (Å²) in [5.41, 5.74) is 0. The van der Waals surface area contributed by atoms with Crippen LogP contribution in [0.25, 0.3) is 0 Å². The number of hydrogen-bond donors (Lipinski definition) is 2. The van der Waals surface area contributed by atoms with E-state index in [1.54, 1.807) is 11.8 Å². The zero-order chi connectivity index (χ0) is 14.7. The van der Waals surface area contributed by atoms with Crippen LogP contribution in [0.2, 0.25) is 0 Å². The van der Waals surface area contributed by atoms with Gasteiger partial charge in [0.05, 0.1) is 19.2 Å². The van der Waals surface area contributed by atoms with Gasteiger partial charge in [0, 0.05) is 25.4 Å². The Morgan fingerprint density at radius 3 is 3.09 bits per heavy atom. The lowest BCUT2D eigenvalue weighted by atomic mass is 9.85. The zero-order valence-corrected chi connectivity index (χ0v) is 13.8. The first kappa shape index (κ1) is 17.2. The third-order valence-corrected chi connectivity index (χ3v) is 4.60. The average Bonchev–Trinajstić information content (AvgIpc) is 3.11. The summed E-state index contributed by atoms with van der Waals surface area (Å²) >= 11 is 0. The van der Waals surface area contributed by atoms with E-state index in [9.17, 15) is 4.79 Å². The van der Waals surface area contributed by atoms with Crippen LogP contribution < -0.4 is 10.6 Å². The molecule has 3 rings (SSSR count). The number of nitrogens with zero attached hydrogens (tertiary/aromatic N) is 2. The molecular weight excluding hydrogens is 304 g/mol. The van der Waals surface area contributed by atoms with Gasteiger partial charge < -0.3 is 15.4 Å². The number of rotatable bonds is 5. The second-order valence-corrected chi connectivity index (χ2v) is 6.05. The SMILES string of the molecule is COCCn1ccc(NC(=O)C2CC3CCCCC3N2)n1.Cl. The van der Waals surface area contributed by atoms with Gasteiger partial charge in [-0.15, -0.1) is 12.4 Å². The first-order valence-electron chi connectivity index (χ1n) is 7.85. The molecule has 124 valence electrons. The van der Waals surface area contributed by atoms with E-state index in [1.807, 2.05) is 12.3 Å². The number of anilines is 1. The molecule has 7 heteroatoms. The maximum Gasteiger partial charge on any atom is 0.242 e. The quantitative estimate of drug-likeness (QED) is 0.865. The van der Waals surface area contributed by atoms with Crippen molar-refractivity contribution in [1.82, 2.24) is 15.1 Å². The van der Waals surface area contributed by atoms with Gasteiger partial charge in [-0.05, 0) is 25.2 Å². The highest BCUT2D eigenvalue weighted by molar-refractivity contribution is 5.94. The lowest BCUT2D eigenvalue weighted by Gasteiger charge is -2.24. The Hall–Kier alpha value is -1.11. The second-order valence-electron chi connectivity index (χ2n) is 6.05. The number of amides is 1. The van der Waals surface area contributed by atoms with Crippen molar-refractivity contribution in [1.29, 1.82) is 0 Å². The minimum Gasteiger partial charge on any atom is -0.383 e. The molecule has 2 heterocycles. The van der Waals surface area contributed by atoms with Gasteiger partial charge in [-0.1, -0.05) is 12.8 Å². The predicted molar refractivity (Wildman–Crippen MR) is 87.3 cm³/mol. The molecule has 0 spiro atoms. The molecule has 2 fully saturated rings. The van der Waals surface area contributed by atoms with E-state index in [-0.39, 0.29) is 24.4 Å². The molecule has 1 saturated carbocycles. The normalized spacial score (nSPS) is 27.0. The van der Waals surface area contributed by atoms with E-state index in [0.29, 0.717) is 30.9 Å². The number of carbonyl (C=O) groups is 1. The molecule has 1 aromatic rings. The van der Waals surface area contributed by atoms with E-state index in [2.05, 4.69) is 15.7 Å². The lowest BCUT2D eigenvalue weighted by Crippen LogP contribution is -2.40. The van der Waals surface area contributed by atoms with Gasteiger partial charge in [0.15, 0.2) is 5.82 Å². The lowest BCUT2D eigenvalue weighted by molar-refractivity contribution is -0.117. The van der Waals surface area contributed by atoms with Gasteiger partial charge in [-0.25, -0.2) is 0 Å². The van der Waals surface area contributed by atoms with Crippen LogP contribution in [0.1, 0.15) is 32.1 Å². The largest absolute Gasteiger partial charge is 0.383 e. The highest BCUT2D eigenvalue weighted by Gasteiger charge is 2.38. The Bertz CT molecular complexity index is 480. The predicted octanol–water partition coefficient (Wildman–Crippen LogP) is 1.81. The van der Waals surface area contributed by atoms with Crippen LogP contribution in [0.15, 0.2) is 12.3 Å². The Labute approximate surface area is 137 Å². The minimum absolute atomic E-state index is 0. The summed E-state index contributed by atoms with van der Waals surface area (Å²) in [6.07, 6.45) is 7.87. The maximum atomic E-state index is 12.3. The molecule has 6 nitrogen and oxygen atoms in total. The minimum atomic E-state index is -0.0674. The van der Waals surface area contributed by atoms with Crippen LogP contribution in [0.4, 0.5) is 5.82 Å². The van der Waals surface area contributed by atoms with Crippen LogP contribution in [-0.2, 0) is 16.1 Å². The summed E-state index contributed by atoms with van der Waals surface area (Å²) in [5, 5.41) is 10.7. The number of aromatic nitrogens is 2. The van der Waals surface area contributed by atoms with Crippen LogP contribution in [0.3, 0.4) is 0 Å². The van der Waals surface area contributed by atoms with Gasteiger partial charge in [0.25, 0.3) is 0 Å². The molecule has 1 aliphatic heterocycles. The van der Waals surface area contributed by atoms with Crippen molar-refractivity contribution < 1.29 is 9.53 Å². The first-order chi connectivity index (χ1) is 10.3. The third-order valence-electron chi connectivity index (χ3n) is 4.60. The molecule has 1 aliphatic carbocycles. The van der Waals surface area contributed by atoms with Crippen molar-refractivity contribution in [2.24, 2.45) is 5.92 Å². The van der Waals surface area contributed by atoms with Crippen molar-refractivity contribution in [3.05, 3.63) is 12.3 Å². The van der Waals surface area contributed by atoms with Gasteiger partial charge in [-0.2, -0.15) is 5.10 Å². The summed E-state index contributed by atoms with van der Waals surface area (Å²) in [4.78, 5) is 12.3.